The Labute approximate surface area is 47.7 Å². The molecule has 0 amide bonds. The molecule has 1 aliphatic rings. The Balaban J connectivity index is 2.58. The highest BCUT2D eigenvalue weighted by Crippen LogP contribution is 1.97. The van der Waals surface area contributed by atoms with Crippen LogP contribution in [0.5, 0.6) is 0 Å². The van der Waals surface area contributed by atoms with Gasteiger partial charge in [0.2, 0.25) is 0 Å². The van der Waals surface area contributed by atoms with Gasteiger partial charge in [0, 0.05) is 6.54 Å². The molecule has 0 unspecified atom stereocenters. The zero-order chi connectivity index (χ0) is 5.11. The van der Waals surface area contributed by atoms with E-state index in [4.69, 9.17) is 11.6 Å². The quantitative estimate of drug-likeness (QED) is 0.455. The van der Waals surface area contributed by atoms with Crippen LogP contribution in [0.1, 0.15) is 6.42 Å². The molecule has 1 aliphatic heterocycles. The van der Waals surface area contributed by atoms with Crippen LogP contribution in [-0.2, 0) is 0 Å². The first-order valence-electron chi connectivity index (χ1n) is 2.26. The summed E-state index contributed by atoms with van der Waals surface area (Å²) in [4.78, 5) is 3.93. The van der Waals surface area contributed by atoms with Crippen LogP contribution in [0.15, 0.2) is 17.1 Å². The fourth-order valence-electron chi connectivity index (χ4n) is 0.479. The third-order valence-corrected chi connectivity index (χ3v) is 1.06. The SMILES string of the molecule is ClC1=NCCC=C1. The molecule has 0 N–H and O–H groups in total. The fourth-order valence-corrected chi connectivity index (χ4v) is 0.653. The predicted octanol–water partition coefficient (Wildman–Crippen LogP) is 1.58. The van der Waals surface area contributed by atoms with Crippen molar-refractivity contribution in [1.82, 2.24) is 0 Å². The van der Waals surface area contributed by atoms with E-state index >= 15 is 0 Å². The van der Waals surface area contributed by atoms with Crippen LogP contribution >= 0.6 is 11.6 Å². The van der Waals surface area contributed by atoms with Crippen molar-refractivity contribution in [2.45, 2.75) is 6.42 Å². The number of hydrogen-bond donors (Lipinski definition) is 0. The number of dihydropyridines is 1. The van der Waals surface area contributed by atoms with Gasteiger partial charge < -0.3 is 0 Å². The second-order valence-electron chi connectivity index (χ2n) is 1.40. The largest absolute Gasteiger partial charge is 0.273 e. The first-order valence-corrected chi connectivity index (χ1v) is 2.64. The van der Waals surface area contributed by atoms with Crippen LogP contribution in [0.4, 0.5) is 0 Å². The van der Waals surface area contributed by atoms with E-state index in [1.54, 1.807) is 0 Å². The average molecular weight is 116 g/mol. The Hall–Kier alpha value is -0.300. The molecular formula is C5H6ClN. The molecule has 0 fully saturated rings. The van der Waals surface area contributed by atoms with Gasteiger partial charge in [-0.25, -0.2) is 0 Å². The normalized spacial score (nSPS) is 19.3. The summed E-state index contributed by atoms with van der Waals surface area (Å²) in [7, 11) is 0. The van der Waals surface area contributed by atoms with Gasteiger partial charge in [0.1, 0.15) is 5.17 Å². The monoisotopic (exact) mass is 115 g/mol. The molecular weight excluding hydrogens is 110 g/mol. The lowest BCUT2D eigenvalue weighted by molar-refractivity contribution is 0.999. The third kappa shape index (κ3) is 1.32. The Morgan fingerprint density at radius 3 is 2.86 bits per heavy atom. The summed E-state index contributed by atoms with van der Waals surface area (Å²) in [6, 6.07) is 0. The molecule has 0 aromatic heterocycles. The van der Waals surface area contributed by atoms with E-state index in [9.17, 15) is 0 Å². The molecule has 0 bridgehead atoms. The number of allylic oxidation sites excluding steroid dienone is 1. The molecule has 1 rings (SSSR count). The molecule has 0 aromatic carbocycles. The molecule has 0 aliphatic carbocycles. The molecule has 0 atom stereocenters. The smallest absolute Gasteiger partial charge is 0.123 e. The van der Waals surface area contributed by atoms with Crippen molar-refractivity contribution >= 4 is 16.8 Å². The van der Waals surface area contributed by atoms with Gasteiger partial charge in [0.25, 0.3) is 0 Å². The van der Waals surface area contributed by atoms with Crippen molar-refractivity contribution in [3.05, 3.63) is 12.2 Å². The molecule has 0 aromatic rings. The van der Waals surface area contributed by atoms with Gasteiger partial charge in [-0.05, 0) is 12.5 Å². The van der Waals surface area contributed by atoms with Crippen LogP contribution < -0.4 is 0 Å². The van der Waals surface area contributed by atoms with E-state index < -0.39 is 0 Å². The second-order valence-corrected chi connectivity index (χ2v) is 1.78. The summed E-state index contributed by atoms with van der Waals surface area (Å²) in [6.07, 6.45) is 4.89. The Kier molecular flexibility index (Phi) is 1.47. The zero-order valence-electron chi connectivity index (χ0n) is 3.89. The van der Waals surface area contributed by atoms with E-state index in [1.807, 2.05) is 12.2 Å². The van der Waals surface area contributed by atoms with E-state index in [2.05, 4.69) is 4.99 Å². The number of aliphatic imine (C=N–C) groups is 1. The minimum Gasteiger partial charge on any atom is -0.273 e. The third-order valence-electron chi connectivity index (χ3n) is 0.814. The zero-order valence-corrected chi connectivity index (χ0v) is 4.65. The van der Waals surface area contributed by atoms with Gasteiger partial charge in [0.15, 0.2) is 0 Å². The summed E-state index contributed by atoms with van der Waals surface area (Å²) < 4.78 is 0. The van der Waals surface area contributed by atoms with Crippen molar-refractivity contribution < 1.29 is 0 Å². The van der Waals surface area contributed by atoms with Crippen LogP contribution in [0.25, 0.3) is 0 Å². The minimum absolute atomic E-state index is 0.631. The topological polar surface area (TPSA) is 12.4 Å². The molecule has 38 valence electrons. The van der Waals surface area contributed by atoms with Crippen LogP contribution in [-0.4, -0.2) is 11.7 Å². The minimum atomic E-state index is 0.631. The maximum atomic E-state index is 5.48. The molecule has 0 radical (unpaired) electrons. The lowest BCUT2D eigenvalue weighted by Crippen LogP contribution is -1.89. The standard InChI is InChI=1S/C5H6ClN/c6-5-3-1-2-4-7-5/h1,3H,2,4H2. The highest BCUT2D eigenvalue weighted by Gasteiger charge is 1.89. The molecule has 7 heavy (non-hydrogen) atoms. The average Bonchev–Trinajstić information content (AvgIpc) is 1.69. The lowest BCUT2D eigenvalue weighted by atomic mass is 10.3. The summed E-state index contributed by atoms with van der Waals surface area (Å²) in [5.74, 6) is 0. The first-order chi connectivity index (χ1) is 3.39. The summed E-state index contributed by atoms with van der Waals surface area (Å²) in [5, 5.41) is 0.631. The number of hydrogen-bond acceptors (Lipinski definition) is 1. The Bertz CT molecular complexity index is 115. The van der Waals surface area contributed by atoms with Gasteiger partial charge >= 0.3 is 0 Å². The van der Waals surface area contributed by atoms with Crippen molar-refractivity contribution in [1.29, 1.82) is 0 Å². The highest BCUT2D eigenvalue weighted by atomic mass is 35.5. The molecule has 0 saturated carbocycles. The lowest BCUT2D eigenvalue weighted by Gasteiger charge is -1.94. The van der Waals surface area contributed by atoms with Gasteiger partial charge in [-0.15, -0.1) is 0 Å². The summed E-state index contributed by atoms with van der Waals surface area (Å²) in [6.45, 7) is 0.856. The van der Waals surface area contributed by atoms with E-state index in [1.165, 1.54) is 0 Å². The molecule has 2 heteroatoms. The van der Waals surface area contributed by atoms with Crippen LogP contribution in [0, 0.1) is 0 Å². The maximum absolute atomic E-state index is 5.48. The molecule has 1 nitrogen and oxygen atoms in total. The number of nitrogens with zero attached hydrogens (tertiary/aromatic N) is 1. The summed E-state index contributed by atoms with van der Waals surface area (Å²) >= 11 is 5.48. The fraction of sp³-hybridized carbons (Fsp3) is 0.400. The van der Waals surface area contributed by atoms with Crippen molar-refractivity contribution in [2.24, 2.45) is 4.99 Å². The van der Waals surface area contributed by atoms with E-state index in [0.717, 1.165) is 13.0 Å². The van der Waals surface area contributed by atoms with Gasteiger partial charge in [0.05, 0.1) is 0 Å². The molecule has 0 saturated heterocycles. The van der Waals surface area contributed by atoms with Crippen molar-refractivity contribution in [3.63, 3.8) is 0 Å². The van der Waals surface area contributed by atoms with Crippen LogP contribution in [0.3, 0.4) is 0 Å². The highest BCUT2D eigenvalue weighted by molar-refractivity contribution is 6.68. The van der Waals surface area contributed by atoms with Gasteiger partial charge in [-0.1, -0.05) is 17.7 Å². The van der Waals surface area contributed by atoms with Gasteiger partial charge in [-0.2, -0.15) is 0 Å². The Morgan fingerprint density at radius 2 is 2.57 bits per heavy atom. The van der Waals surface area contributed by atoms with Crippen molar-refractivity contribution in [2.75, 3.05) is 6.54 Å². The first kappa shape index (κ1) is 4.85. The van der Waals surface area contributed by atoms with E-state index in [0.29, 0.717) is 5.17 Å². The van der Waals surface area contributed by atoms with E-state index in [-0.39, 0.29) is 0 Å². The predicted molar refractivity (Wildman–Crippen MR) is 31.9 cm³/mol. The van der Waals surface area contributed by atoms with Gasteiger partial charge in [-0.3, -0.25) is 4.99 Å². The Morgan fingerprint density at radius 1 is 1.71 bits per heavy atom. The van der Waals surface area contributed by atoms with Crippen LogP contribution in [0.2, 0.25) is 0 Å². The molecule has 0 spiro atoms. The van der Waals surface area contributed by atoms with Crippen molar-refractivity contribution in [3.8, 4) is 0 Å². The number of rotatable bonds is 0. The second kappa shape index (κ2) is 2.12. The maximum Gasteiger partial charge on any atom is 0.123 e. The summed E-state index contributed by atoms with van der Waals surface area (Å²) in [5.41, 5.74) is 0. The molecule has 1 heterocycles. The number of halogens is 1.